The van der Waals surface area contributed by atoms with Gasteiger partial charge in [0.15, 0.2) is 5.82 Å². The highest BCUT2D eigenvalue weighted by Gasteiger charge is 2.30. The van der Waals surface area contributed by atoms with Crippen LogP contribution in [0.25, 0.3) is 0 Å². The molecule has 0 unspecified atom stereocenters. The van der Waals surface area contributed by atoms with Crippen molar-refractivity contribution >= 4 is 21.7 Å². The van der Waals surface area contributed by atoms with Gasteiger partial charge in [0.25, 0.3) is 0 Å². The highest BCUT2D eigenvalue weighted by molar-refractivity contribution is 9.10. The minimum Gasteiger partial charge on any atom is -0.381 e. The summed E-state index contributed by atoms with van der Waals surface area (Å²) in [5.74, 6) is 1.30. The first-order valence-corrected chi connectivity index (χ1v) is 4.47. The molecule has 2 rings (SSSR count). The molecular formula is C7H10BrN3. The standard InChI is InChI=1S/C7H10BrN3/c1-11-6(4-2-3-4)5(8)7(9)10-11/h4H,2-3H2,1H3,(H2,9,10). The number of aryl methyl sites for hydroxylation is 1. The normalized spacial score (nSPS) is 17.3. The number of nitrogens with two attached hydrogens (primary N) is 1. The maximum absolute atomic E-state index is 5.63. The summed E-state index contributed by atoms with van der Waals surface area (Å²) in [6, 6.07) is 0. The molecule has 1 aromatic rings. The molecule has 0 radical (unpaired) electrons. The van der Waals surface area contributed by atoms with Crippen LogP contribution in [0.15, 0.2) is 4.47 Å². The van der Waals surface area contributed by atoms with Crippen LogP contribution < -0.4 is 5.73 Å². The van der Waals surface area contributed by atoms with Crippen LogP contribution in [0.5, 0.6) is 0 Å². The molecule has 0 saturated heterocycles. The minimum absolute atomic E-state index is 0.606. The lowest BCUT2D eigenvalue weighted by Gasteiger charge is -1.97. The van der Waals surface area contributed by atoms with Crippen LogP contribution in [0.2, 0.25) is 0 Å². The third kappa shape index (κ3) is 1.05. The lowest BCUT2D eigenvalue weighted by molar-refractivity contribution is 0.715. The summed E-state index contributed by atoms with van der Waals surface area (Å²) in [5.41, 5.74) is 6.88. The predicted molar refractivity (Wildman–Crippen MR) is 47.3 cm³/mol. The zero-order valence-electron chi connectivity index (χ0n) is 6.34. The van der Waals surface area contributed by atoms with Gasteiger partial charge in [-0.1, -0.05) is 0 Å². The molecule has 0 bridgehead atoms. The number of halogens is 1. The van der Waals surface area contributed by atoms with Crippen molar-refractivity contribution in [2.24, 2.45) is 7.05 Å². The number of rotatable bonds is 1. The van der Waals surface area contributed by atoms with Gasteiger partial charge < -0.3 is 5.73 Å². The predicted octanol–water partition coefficient (Wildman–Crippen LogP) is 1.64. The van der Waals surface area contributed by atoms with Crippen LogP contribution in [-0.2, 0) is 7.05 Å². The van der Waals surface area contributed by atoms with Crippen LogP contribution in [0.3, 0.4) is 0 Å². The van der Waals surface area contributed by atoms with E-state index in [2.05, 4.69) is 21.0 Å². The molecule has 2 N–H and O–H groups in total. The third-order valence-corrected chi connectivity index (χ3v) is 2.83. The van der Waals surface area contributed by atoms with Gasteiger partial charge in [0.05, 0.1) is 10.2 Å². The molecule has 0 amide bonds. The zero-order chi connectivity index (χ0) is 8.01. The van der Waals surface area contributed by atoms with E-state index in [0.717, 1.165) is 4.47 Å². The van der Waals surface area contributed by atoms with E-state index in [-0.39, 0.29) is 0 Å². The first kappa shape index (κ1) is 7.16. The fourth-order valence-electron chi connectivity index (χ4n) is 1.33. The number of nitrogens with zero attached hydrogens (tertiary/aromatic N) is 2. The van der Waals surface area contributed by atoms with E-state index in [1.54, 1.807) is 0 Å². The fraction of sp³-hybridized carbons (Fsp3) is 0.571. The Morgan fingerprint density at radius 1 is 1.64 bits per heavy atom. The van der Waals surface area contributed by atoms with Gasteiger partial charge in [-0.15, -0.1) is 0 Å². The Labute approximate surface area is 73.7 Å². The van der Waals surface area contributed by atoms with E-state index >= 15 is 0 Å². The van der Waals surface area contributed by atoms with E-state index in [9.17, 15) is 0 Å². The lowest BCUT2D eigenvalue weighted by Crippen LogP contribution is -1.96. The van der Waals surface area contributed by atoms with Gasteiger partial charge in [-0.3, -0.25) is 4.68 Å². The Morgan fingerprint density at radius 3 is 2.64 bits per heavy atom. The van der Waals surface area contributed by atoms with Gasteiger partial charge in [0.2, 0.25) is 0 Å². The van der Waals surface area contributed by atoms with E-state index in [4.69, 9.17) is 5.73 Å². The average molecular weight is 216 g/mol. The zero-order valence-corrected chi connectivity index (χ0v) is 7.93. The van der Waals surface area contributed by atoms with E-state index in [0.29, 0.717) is 11.7 Å². The molecule has 3 nitrogen and oxygen atoms in total. The van der Waals surface area contributed by atoms with Crippen molar-refractivity contribution in [3.8, 4) is 0 Å². The molecule has 60 valence electrons. The second-order valence-corrected chi connectivity index (χ2v) is 3.78. The second-order valence-electron chi connectivity index (χ2n) is 2.98. The topological polar surface area (TPSA) is 43.8 Å². The molecule has 1 saturated carbocycles. The summed E-state index contributed by atoms with van der Waals surface area (Å²) in [4.78, 5) is 0. The largest absolute Gasteiger partial charge is 0.381 e. The second kappa shape index (κ2) is 2.24. The smallest absolute Gasteiger partial charge is 0.160 e. The number of nitrogen functional groups attached to an aromatic ring is 1. The van der Waals surface area contributed by atoms with E-state index in [1.165, 1.54) is 18.5 Å². The monoisotopic (exact) mass is 215 g/mol. The lowest BCUT2D eigenvalue weighted by atomic mass is 10.3. The van der Waals surface area contributed by atoms with E-state index < -0.39 is 0 Å². The Balaban J connectivity index is 2.50. The van der Waals surface area contributed by atoms with Crippen molar-refractivity contribution in [3.63, 3.8) is 0 Å². The summed E-state index contributed by atoms with van der Waals surface area (Å²) in [7, 11) is 1.94. The Kier molecular flexibility index (Phi) is 1.45. The number of hydrogen-bond donors (Lipinski definition) is 1. The number of anilines is 1. The molecule has 1 heterocycles. The highest BCUT2D eigenvalue weighted by atomic mass is 79.9. The molecule has 1 aliphatic rings. The first-order valence-electron chi connectivity index (χ1n) is 3.68. The summed E-state index contributed by atoms with van der Waals surface area (Å²) < 4.78 is 2.86. The summed E-state index contributed by atoms with van der Waals surface area (Å²) >= 11 is 3.43. The Morgan fingerprint density at radius 2 is 2.27 bits per heavy atom. The van der Waals surface area contributed by atoms with Crippen LogP contribution in [-0.4, -0.2) is 9.78 Å². The van der Waals surface area contributed by atoms with Gasteiger partial charge in [-0.05, 0) is 28.8 Å². The van der Waals surface area contributed by atoms with Gasteiger partial charge >= 0.3 is 0 Å². The van der Waals surface area contributed by atoms with Crippen molar-refractivity contribution in [2.75, 3.05) is 5.73 Å². The average Bonchev–Trinajstić information content (AvgIpc) is 2.68. The molecule has 0 atom stereocenters. The maximum atomic E-state index is 5.63. The highest BCUT2D eigenvalue weighted by Crippen LogP contribution is 2.44. The third-order valence-electron chi connectivity index (χ3n) is 2.02. The molecule has 1 fully saturated rings. The van der Waals surface area contributed by atoms with Gasteiger partial charge in [-0.25, -0.2) is 0 Å². The van der Waals surface area contributed by atoms with Crippen molar-refractivity contribution in [3.05, 3.63) is 10.2 Å². The molecule has 0 aliphatic heterocycles. The summed E-state index contributed by atoms with van der Waals surface area (Å²) in [6.07, 6.45) is 2.55. The van der Waals surface area contributed by atoms with Crippen molar-refractivity contribution in [1.29, 1.82) is 0 Å². The molecule has 4 heteroatoms. The first-order chi connectivity index (χ1) is 5.20. The van der Waals surface area contributed by atoms with Gasteiger partial charge in [0, 0.05) is 13.0 Å². The number of aromatic nitrogens is 2. The number of hydrogen-bond acceptors (Lipinski definition) is 2. The van der Waals surface area contributed by atoms with Crippen LogP contribution in [0.1, 0.15) is 24.5 Å². The molecule has 1 aromatic heterocycles. The Hall–Kier alpha value is -0.510. The summed E-state index contributed by atoms with van der Waals surface area (Å²) in [6.45, 7) is 0. The van der Waals surface area contributed by atoms with Gasteiger partial charge in [0.1, 0.15) is 0 Å². The van der Waals surface area contributed by atoms with Crippen molar-refractivity contribution in [2.45, 2.75) is 18.8 Å². The van der Waals surface area contributed by atoms with Crippen LogP contribution >= 0.6 is 15.9 Å². The summed E-state index contributed by atoms with van der Waals surface area (Å²) in [5, 5.41) is 4.12. The van der Waals surface area contributed by atoms with Gasteiger partial charge in [-0.2, -0.15) is 5.10 Å². The molecular weight excluding hydrogens is 206 g/mol. The van der Waals surface area contributed by atoms with Crippen LogP contribution in [0, 0.1) is 0 Å². The fourth-order valence-corrected chi connectivity index (χ4v) is 1.99. The van der Waals surface area contributed by atoms with Crippen molar-refractivity contribution < 1.29 is 0 Å². The van der Waals surface area contributed by atoms with Crippen LogP contribution in [0.4, 0.5) is 5.82 Å². The molecule has 11 heavy (non-hydrogen) atoms. The molecule has 0 aromatic carbocycles. The van der Waals surface area contributed by atoms with Crippen molar-refractivity contribution in [1.82, 2.24) is 9.78 Å². The quantitative estimate of drug-likeness (QED) is 0.775. The molecule has 0 spiro atoms. The maximum Gasteiger partial charge on any atom is 0.160 e. The van der Waals surface area contributed by atoms with E-state index in [1.807, 2.05) is 11.7 Å². The Bertz CT molecular complexity index is 288. The minimum atomic E-state index is 0.606. The SMILES string of the molecule is Cn1nc(N)c(Br)c1C1CC1. The molecule has 1 aliphatic carbocycles.